The molecule has 19 heavy (non-hydrogen) atoms. The Kier molecular flexibility index (Phi) is 5.31. The first-order valence-corrected chi connectivity index (χ1v) is 7.10. The molecule has 1 saturated heterocycles. The molecule has 1 fully saturated rings. The van der Waals surface area contributed by atoms with Gasteiger partial charge in [0.1, 0.15) is 0 Å². The second kappa shape index (κ2) is 6.98. The van der Waals surface area contributed by atoms with Crippen LogP contribution < -0.4 is 5.32 Å². The van der Waals surface area contributed by atoms with E-state index in [1.54, 1.807) is 0 Å². The van der Waals surface area contributed by atoms with Crippen molar-refractivity contribution in [1.29, 1.82) is 0 Å². The molecule has 4 nitrogen and oxygen atoms in total. The summed E-state index contributed by atoms with van der Waals surface area (Å²) >= 11 is 0. The largest absolute Gasteiger partial charge is 0.377 e. The van der Waals surface area contributed by atoms with Crippen LogP contribution in [0.3, 0.4) is 0 Å². The molecule has 4 heteroatoms. The average Bonchev–Trinajstić information content (AvgIpc) is 2.45. The normalized spacial score (nSPS) is 24.5. The van der Waals surface area contributed by atoms with Crippen LogP contribution in [-0.2, 0) is 11.3 Å². The minimum absolute atomic E-state index is 0.0409. The highest BCUT2D eigenvalue weighted by Gasteiger charge is 2.30. The standard InChI is InChI=1S/C15H25N3O/c1-15(19-2)7-5-10-18(13-15)11-9-16-12-14-6-3-4-8-17-14/h3-4,6,8,16H,5,7,9-13H2,1-2H3. The molecule has 2 rings (SSSR count). The lowest BCUT2D eigenvalue weighted by Crippen LogP contribution is -2.48. The fraction of sp³-hybridized carbons (Fsp3) is 0.667. The van der Waals surface area contributed by atoms with Crippen LogP contribution in [0, 0.1) is 0 Å². The third kappa shape index (κ3) is 4.56. The predicted octanol–water partition coefficient (Wildman–Crippen LogP) is 1.67. The van der Waals surface area contributed by atoms with Crippen LogP contribution >= 0.6 is 0 Å². The maximum absolute atomic E-state index is 5.61. The molecule has 1 N–H and O–H groups in total. The van der Waals surface area contributed by atoms with Gasteiger partial charge < -0.3 is 10.1 Å². The van der Waals surface area contributed by atoms with Gasteiger partial charge in [0.2, 0.25) is 0 Å². The average molecular weight is 263 g/mol. The molecular weight excluding hydrogens is 238 g/mol. The number of hydrogen-bond acceptors (Lipinski definition) is 4. The summed E-state index contributed by atoms with van der Waals surface area (Å²) in [6.07, 6.45) is 4.23. The smallest absolute Gasteiger partial charge is 0.0777 e. The Labute approximate surface area is 116 Å². The zero-order valence-electron chi connectivity index (χ0n) is 12.1. The minimum atomic E-state index is 0.0409. The van der Waals surface area contributed by atoms with Gasteiger partial charge in [-0.2, -0.15) is 0 Å². The summed E-state index contributed by atoms with van der Waals surface area (Å²) in [6.45, 7) is 7.35. The third-order valence-corrected chi connectivity index (χ3v) is 3.87. The lowest BCUT2D eigenvalue weighted by Gasteiger charge is -2.39. The van der Waals surface area contributed by atoms with Crippen molar-refractivity contribution in [2.45, 2.75) is 31.9 Å². The van der Waals surface area contributed by atoms with Crippen molar-refractivity contribution in [1.82, 2.24) is 15.2 Å². The van der Waals surface area contributed by atoms with E-state index < -0.39 is 0 Å². The Morgan fingerprint density at radius 1 is 1.47 bits per heavy atom. The van der Waals surface area contributed by atoms with Gasteiger partial charge in [-0.15, -0.1) is 0 Å². The number of rotatable bonds is 6. The van der Waals surface area contributed by atoms with Crippen LogP contribution in [0.2, 0.25) is 0 Å². The van der Waals surface area contributed by atoms with E-state index in [0.717, 1.165) is 31.9 Å². The van der Waals surface area contributed by atoms with E-state index in [1.807, 2.05) is 25.4 Å². The molecule has 1 aliphatic heterocycles. The Hall–Kier alpha value is -0.970. The first kappa shape index (κ1) is 14.4. The van der Waals surface area contributed by atoms with E-state index in [-0.39, 0.29) is 5.60 Å². The number of piperidine rings is 1. The number of nitrogens with one attached hydrogen (secondary N) is 1. The van der Waals surface area contributed by atoms with Crippen molar-refractivity contribution in [2.24, 2.45) is 0 Å². The minimum Gasteiger partial charge on any atom is -0.377 e. The number of nitrogens with zero attached hydrogens (tertiary/aromatic N) is 2. The third-order valence-electron chi connectivity index (χ3n) is 3.87. The number of methoxy groups -OCH3 is 1. The van der Waals surface area contributed by atoms with Crippen LogP contribution in [0.25, 0.3) is 0 Å². The summed E-state index contributed by atoms with van der Waals surface area (Å²) in [5.74, 6) is 0. The molecule has 0 spiro atoms. The molecule has 0 radical (unpaired) electrons. The second-order valence-electron chi connectivity index (χ2n) is 5.53. The van der Waals surface area contributed by atoms with Gasteiger partial charge in [0, 0.05) is 39.5 Å². The van der Waals surface area contributed by atoms with Crippen LogP contribution in [0.5, 0.6) is 0 Å². The number of aromatic nitrogens is 1. The first-order chi connectivity index (χ1) is 9.22. The molecule has 106 valence electrons. The zero-order valence-corrected chi connectivity index (χ0v) is 12.1. The molecule has 0 aliphatic carbocycles. The number of likely N-dealkylation sites (tertiary alicyclic amines) is 1. The fourth-order valence-corrected chi connectivity index (χ4v) is 2.62. The summed E-state index contributed by atoms with van der Waals surface area (Å²) in [4.78, 5) is 6.79. The molecule has 0 aromatic carbocycles. The summed E-state index contributed by atoms with van der Waals surface area (Å²) in [6, 6.07) is 6.03. The van der Waals surface area contributed by atoms with Crippen molar-refractivity contribution in [2.75, 3.05) is 33.3 Å². The lowest BCUT2D eigenvalue weighted by molar-refractivity contribution is -0.0502. The van der Waals surface area contributed by atoms with Crippen molar-refractivity contribution < 1.29 is 4.74 Å². The van der Waals surface area contributed by atoms with E-state index >= 15 is 0 Å². The van der Waals surface area contributed by atoms with E-state index in [1.165, 1.54) is 19.4 Å². The van der Waals surface area contributed by atoms with Gasteiger partial charge >= 0.3 is 0 Å². The van der Waals surface area contributed by atoms with Crippen molar-refractivity contribution in [3.05, 3.63) is 30.1 Å². The predicted molar refractivity (Wildman–Crippen MR) is 77.0 cm³/mol. The van der Waals surface area contributed by atoms with Gasteiger partial charge in [0.05, 0.1) is 11.3 Å². The fourth-order valence-electron chi connectivity index (χ4n) is 2.62. The lowest BCUT2D eigenvalue weighted by atomic mass is 9.95. The monoisotopic (exact) mass is 263 g/mol. The molecule has 1 aromatic rings. The number of pyridine rings is 1. The number of hydrogen-bond donors (Lipinski definition) is 1. The van der Waals surface area contributed by atoms with Gasteiger partial charge in [-0.1, -0.05) is 6.07 Å². The highest BCUT2D eigenvalue weighted by Crippen LogP contribution is 2.23. The summed E-state index contributed by atoms with van der Waals surface area (Å²) in [5.41, 5.74) is 1.14. The van der Waals surface area contributed by atoms with E-state index in [0.29, 0.717) is 0 Å². The van der Waals surface area contributed by atoms with Gasteiger partial charge in [0.25, 0.3) is 0 Å². The Balaban J connectivity index is 1.66. The highest BCUT2D eigenvalue weighted by atomic mass is 16.5. The maximum atomic E-state index is 5.61. The molecule has 0 saturated carbocycles. The maximum Gasteiger partial charge on any atom is 0.0777 e. The van der Waals surface area contributed by atoms with Crippen molar-refractivity contribution in [3.8, 4) is 0 Å². The summed E-state index contributed by atoms with van der Waals surface area (Å²) in [5, 5.41) is 3.45. The van der Waals surface area contributed by atoms with Crippen LogP contribution in [-0.4, -0.2) is 48.8 Å². The molecular formula is C15H25N3O. The quantitative estimate of drug-likeness (QED) is 0.792. The summed E-state index contributed by atoms with van der Waals surface area (Å²) < 4.78 is 5.61. The highest BCUT2D eigenvalue weighted by molar-refractivity contribution is 5.02. The van der Waals surface area contributed by atoms with E-state index in [2.05, 4.69) is 28.2 Å². The van der Waals surface area contributed by atoms with Crippen LogP contribution in [0.4, 0.5) is 0 Å². The molecule has 1 aliphatic rings. The number of ether oxygens (including phenoxy) is 1. The van der Waals surface area contributed by atoms with Gasteiger partial charge in [0.15, 0.2) is 0 Å². The zero-order chi connectivity index (χ0) is 13.6. The van der Waals surface area contributed by atoms with Crippen LogP contribution in [0.1, 0.15) is 25.5 Å². The van der Waals surface area contributed by atoms with Gasteiger partial charge in [-0.25, -0.2) is 0 Å². The van der Waals surface area contributed by atoms with E-state index in [9.17, 15) is 0 Å². The molecule has 1 aromatic heterocycles. The second-order valence-corrected chi connectivity index (χ2v) is 5.53. The van der Waals surface area contributed by atoms with Crippen molar-refractivity contribution in [3.63, 3.8) is 0 Å². The molecule has 1 atom stereocenters. The SMILES string of the molecule is COC1(C)CCCN(CCNCc2ccccn2)C1. The van der Waals surface area contributed by atoms with Crippen molar-refractivity contribution >= 4 is 0 Å². The topological polar surface area (TPSA) is 37.4 Å². The molecule has 2 heterocycles. The Bertz CT molecular complexity index is 371. The van der Waals surface area contributed by atoms with Gasteiger partial charge in [-0.3, -0.25) is 9.88 Å². The Morgan fingerprint density at radius 3 is 3.11 bits per heavy atom. The summed E-state index contributed by atoms with van der Waals surface area (Å²) in [7, 11) is 1.82. The first-order valence-electron chi connectivity index (χ1n) is 7.10. The molecule has 0 amide bonds. The molecule has 1 unspecified atom stereocenters. The van der Waals surface area contributed by atoms with E-state index in [4.69, 9.17) is 4.74 Å². The Morgan fingerprint density at radius 2 is 2.37 bits per heavy atom. The van der Waals surface area contributed by atoms with Crippen LogP contribution in [0.15, 0.2) is 24.4 Å². The molecule has 0 bridgehead atoms. The van der Waals surface area contributed by atoms with Gasteiger partial charge in [-0.05, 0) is 38.4 Å².